The Kier molecular flexibility index (Phi) is 5.22. The number of Topliss-reactive ketones (excluding diaryl/α,β-unsaturated/α-hetero) is 1. The average Bonchev–Trinajstić information content (AvgIpc) is 2.53. The first-order valence-corrected chi connectivity index (χ1v) is 11.5. The van der Waals surface area contributed by atoms with E-state index in [1.807, 2.05) is 55.5 Å². The molecule has 0 saturated heterocycles. The molecule has 2 aromatic rings. The predicted octanol–water partition coefficient (Wildman–Crippen LogP) is 5.28. The van der Waals surface area contributed by atoms with Crippen LogP contribution in [0, 0.1) is 0 Å². The molecule has 2 aromatic carbocycles. The van der Waals surface area contributed by atoms with Crippen molar-refractivity contribution in [2.75, 3.05) is 0 Å². The molecule has 0 spiro atoms. The standard InChI is InChI=1S/C20H26O2Si/c1-16(17-12-8-6-9-13-17)20(2,22-23(3,4)5)19(21)18-14-10-7-11-15-18/h6-16H,1-5H3/t16-,20-/m0/s1. The molecule has 122 valence electrons. The van der Waals surface area contributed by atoms with Crippen LogP contribution in [0.15, 0.2) is 60.7 Å². The molecule has 0 aromatic heterocycles. The zero-order chi connectivity index (χ0) is 17.1. The molecule has 3 heteroatoms. The fraction of sp³-hybridized carbons (Fsp3) is 0.350. The molecule has 0 N–H and O–H groups in total. The summed E-state index contributed by atoms with van der Waals surface area (Å²) in [5.74, 6) is 0.0278. The van der Waals surface area contributed by atoms with Crippen molar-refractivity contribution in [2.45, 2.75) is 45.0 Å². The molecule has 2 rings (SSSR count). The first kappa shape index (κ1) is 17.6. The minimum atomic E-state index is -1.90. The van der Waals surface area contributed by atoms with Gasteiger partial charge in [-0.2, -0.15) is 0 Å². The number of benzene rings is 2. The molecule has 0 amide bonds. The third-order valence-corrected chi connectivity index (χ3v) is 5.17. The van der Waals surface area contributed by atoms with Gasteiger partial charge in [0, 0.05) is 11.5 Å². The second-order valence-electron chi connectivity index (χ2n) is 7.15. The quantitative estimate of drug-likeness (QED) is 0.533. The van der Waals surface area contributed by atoms with Crippen molar-refractivity contribution in [1.82, 2.24) is 0 Å². The molecule has 0 saturated carbocycles. The number of carbonyl (C=O) groups is 1. The second-order valence-corrected chi connectivity index (χ2v) is 11.6. The van der Waals surface area contributed by atoms with Gasteiger partial charge in [0.15, 0.2) is 14.1 Å². The van der Waals surface area contributed by atoms with Gasteiger partial charge in [0.1, 0.15) is 5.60 Å². The number of carbonyl (C=O) groups excluding carboxylic acids is 1. The highest BCUT2D eigenvalue weighted by Crippen LogP contribution is 2.36. The van der Waals surface area contributed by atoms with Crippen molar-refractivity contribution >= 4 is 14.1 Å². The van der Waals surface area contributed by atoms with E-state index in [2.05, 4.69) is 38.7 Å². The van der Waals surface area contributed by atoms with Gasteiger partial charge in [0.05, 0.1) is 0 Å². The van der Waals surface area contributed by atoms with Crippen LogP contribution in [0.4, 0.5) is 0 Å². The van der Waals surface area contributed by atoms with Gasteiger partial charge in [0.25, 0.3) is 0 Å². The highest BCUT2D eigenvalue weighted by atomic mass is 28.4. The van der Waals surface area contributed by atoms with Gasteiger partial charge in [0.2, 0.25) is 0 Å². The Morgan fingerprint density at radius 3 is 1.91 bits per heavy atom. The van der Waals surface area contributed by atoms with Crippen LogP contribution in [-0.4, -0.2) is 19.7 Å². The molecule has 2 atom stereocenters. The van der Waals surface area contributed by atoms with E-state index in [0.717, 1.165) is 5.56 Å². The van der Waals surface area contributed by atoms with Crippen LogP contribution in [0.1, 0.15) is 35.7 Å². The van der Waals surface area contributed by atoms with Gasteiger partial charge in [-0.3, -0.25) is 4.79 Å². The minimum absolute atomic E-state index is 0.0249. The summed E-state index contributed by atoms with van der Waals surface area (Å²) in [6.07, 6.45) is 0. The summed E-state index contributed by atoms with van der Waals surface area (Å²) in [6.45, 7) is 10.4. The first-order chi connectivity index (χ1) is 10.7. The Morgan fingerprint density at radius 1 is 0.957 bits per heavy atom. The summed E-state index contributed by atoms with van der Waals surface area (Å²) in [4.78, 5) is 13.3. The van der Waals surface area contributed by atoms with Gasteiger partial charge < -0.3 is 4.43 Å². The first-order valence-electron chi connectivity index (χ1n) is 8.09. The second kappa shape index (κ2) is 6.81. The molecule has 2 nitrogen and oxygen atoms in total. The van der Waals surface area contributed by atoms with Crippen LogP contribution >= 0.6 is 0 Å². The summed E-state index contributed by atoms with van der Waals surface area (Å²) < 4.78 is 6.45. The lowest BCUT2D eigenvalue weighted by molar-refractivity contribution is 0.0391. The van der Waals surface area contributed by atoms with E-state index in [1.165, 1.54) is 0 Å². The molecular formula is C20H26O2Si. The molecule has 23 heavy (non-hydrogen) atoms. The van der Waals surface area contributed by atoms with Crippen LogP contribution in [0.25, 0.3) is 0 Å². The smallest absolute Gasteiger partial charge is 0.193 e. The summed E-state index contributed by atoms with van der Waals surface area (Å²) >= 11 is 0. The van der Waals surface area contributed by atoms with Crippen molar-refractivity contribution in [1.29, 1.82) is 0 Å². The number of hydrogen-bond acceptors (Lipinski definition) is 2. The Bertz CT molecular complexity index is 646. The highest BCUT2D eigenvalue weighted by molar-refractivity contribution is 6.70. The van der Waals surface area contributed by atoms with Gasteiger partial charge >= 0.3 is 0 Å². The third-order valence-electron chi connectivity index (χ3n) is 4.13. The highest BCUT2D eigenvalue weighted by Gasteiger charge is 2.44. The van der Waals surface area contributed by atoms with Crippen LogP contribution in [-0.2, 0) is 4.43 Å². The van der Waals surface area contributed by atoms with Crippen molar-refractivity contribution in [3.8, 4) is 0 Å². The maximum absolute atomic E-state index is 13.3. The van der Waals surface area contributed by atoms with E-state index in [0.29, 0.717) is 5.56 Å². The van der Waals surface area contributed by atoms with Crippen LogP contribution in [0.2, 0.25) is 19.6 Å². The number of hydrogen-bond donors (Lipinski definition) is 0. The largest absolute Gasteiger partial charge is 0.404 e. The molecule has 0 radical (unpaired) electrons. The van der Waals surface area contributed by atoms with E-state index < -0.39 is 13.9 Å². The average molecular weight is 327 g/mol. The van der Waals surface area contributed by atoms with Crippen LogP contribution < -0.4 is 0 Å². The van der Waals surface area contributed by atoms with Crippen molar-refractivity contribution in [3.63, 3.8) is 0 Å². The van der Waals surface area contributed by atoms with Crippen LogP contribution in [0.5, 0.6) is 0 Å². The lowest BCUT2D eigenvalue weighted by atomic mass is 9.80. The molecule has 0 fully saturated rings. The van der Waals surface area contributed by atoms with Crippen molar-refractivity contribution < 1.29 is 9.22 Å². The Balaban J connectivity index is 2.46. The fourth-order valence-electron chi connectivity index (χ4n) is 2.90. The third kappa shape index (κ3) is 4.18. The zero-order valence-electron chi connectivity index (χ0n) is 14.7. The minimum Gasteiger partial charge on any atom is -0.404 e. The predicted molar refractivity (Wildman–Crippen MR) is 98.5 cm³/mol. The monoisotopic (exact) mass is 326 g/mol. The fourth-order valence-corrected chi connectivity index (χ4v) is 4.44. The van der Waals surface area contributed by atoms with E-state index in [4.69, 9.17) is 4.43 Å². The summed E-state index contributed by atoms with van der Waals surface area (Å²) in [6, 6.07) is 19.6. The van der Waals surface area contributed by atoms with E-state index in [9.17, 15) is 4.79 Å². The molecule has 0 heterocycles. The van der Waals surface area contributed by atoms with Crippen molar-refractivity contribution in [2.24, 2.45) is 0 Å². The zero-order valence-corrected chi connectivity index (χ0v) is 15.7. The Labute approximate surface area is 140 Å². The van der Waals surface area contributed by atoms with E-state index in [-0.39, 0.29) is 11.7 Å². The molecule has 0 bridgehead atoms. The maximum Gasteiger partial charge on any atom is 0.193 e. The molecule has 0 unspecified atom stereocenters. The SMILES string of the molecule is C[C@@H](c1ccccc1)[C@](C)(O[Si](C)(C)C)C(=O)c1ccccc1. The molecule has 0 aliphatic rings. The van der Waals surface area contributed by atoms with Gasteiger partial charge in [-0.05, 0) is 32.1 Å². The summed E-state index contributed by atoms with van der Waals surface area (Å²) in [7, 11) is -1.90. The van der Waals surface area contributed by atoms with Gasteiger partial charge in [-0.15, -0.1) is 0 Å². The molecule has 0 aliphatic heterocycles. The lowest BCUT2D eigenvalue weighted by Crippen LogP contribution is -2.50. The molecule has 0 aliphatic carbocycles. The van der Waals surface area contributed by atoms with Gasteiger partial charge in [-0.1, -0.05) is 67.6 Å². The normalized spacial score (nSPS) is 15.7. The van der Waals surface area contributed by atoms with Gasteiger partial charge in [-0.25, -0.2) is 0 Å². The topological polar surface area (TPSA) is 26.3 Å². The maximum atomic E-state index is 13.3. The number of rotatable bonds is 6. The van der Waals surface area contributed by atoms with Crippen LogP contribution in [0.3, 0.4) is 0 Å². The van der Waals surface area contributed by atoms with E-state index in [1.54, 1.807) is 0 Å². The Hall–Kier alpha value is -1.71. The Morgan fingerprint density at radius 2 is 1.43 bits per heavy atom. The summed E-state index contributed by atoms with van der Waals surface area (Å²) in [5.41, 5.74) is 0.959. The van der Waals surface area contributed by atoms with Crippen molar-refractivity contribution in [3.05, 3.63) is 71.8 Å². The van der Waals surface area contributed by atoms with E-state index >= 15 is 0 Å². The lowest BCUT2D eigenvalue weighted by Gasteiger charge is -2.40. The number of ketones is 1. The summed E-state index contributed by atoms with van der Waals surface area (Å²) in [5, 5.41) is 0. The molecular weight excluding hydrogens is 300 g/mol.